The molecule has 0 saturated heterocycles. The van der Waals surface area contributed by atoms with E-state index in [-0.39, 0.29) is 12.3 Å². The molecule has 1 atom stereocenters. The Labute approximate surface area is 102 Å². The number of amides is 1. The number of nitrogens with zero attached hydrogens (tertiary/aromatic N) is 1. The molecule has 0 radical (unpaired) electrons. The molecule has 88 valence electrons. The Kier molecular flexibility index (Phi) is 2.31. The second kappa shape index (κ2) is 3.72. The van der Waals surface area contributed by atoms with Crippen molar-refractivity contribution in [1.29, 1.82) is 0 Å². The van der Waals surface area contributed by atoms with Crippen molar-refractivity contribution in [2.75, 3.05) is 0 Å². The van der Waals surface area contributed by atoms with Crippen LogP contribution in [0.5, 0.6) is 0 Å². The van der Waals surface area contributed by atoms with Gasteiger partial charge in [0.25, 0.3) is 0 Å². The molecule has 2 aromatic rings. The lowest BCUT2D eigenvalue weighted by molar-refractivity contribution is -0.129. The van der Waals surface area contributed by atoms with Crippen LogP contribution in [-0.2, 0) is 17.8 Å². The molecule has 0 unspecified atom stereocenters. The van der Waals surface area contributed by atoms with Crippen LogP contribution in [-0.4, -0.2) is 27.3 Å². The van der Waals surface area contributed by atoms with Gasteiger partial charge in [-0.2, -0.15) is 5.10 Å². The van der Waals surface area contributed by atoms with Crippen molar-refractivity contribution < 1.29 is 9.90 Å². The van der Waals surface area contributed by atoms with Crippen LogP contribution in [0.15, 0.2) is 12.3 Å². The summed E-state index contributed by atoms with van der Waals surface area (Å²) in [5, 5.41) is 20.5. The fraction of sp³-hybridized carbons (Fsp3) is 0.273. The highest BCUT2D eigenvalue weighted by atomic mass is 35.5. The molecule has 0 saturated carbocycles. The lowest BCUT2D eigenvalue weighted by Gasteiger charge is -2.08. The Balaban J connectivity index is 2.24. The van der Waals surface area contributed by atoms with Crippen molar-refractivity contribution in [3.8, 4) is 0 Å². The standard InChI is InChI=1S/C11H10ClN3O2/c12-8-1-5-2-9(16)11(17)13-3-6(5)7-4-14-15-10(7)8/h1,4,9,16H,2-3H2,(H,13,17)(H,14,15)/t9-/m1/s1. The first-order valence-corrected chi connectivity index (χ1v) is 5.63. The van der Waals surface area contributed by atoms with Crippen LogP contribution in [0.1, 0.15) is 11.1 Å². The van der Waals surface area contributed by atoms with Gasteiger partial charge in [0.2, 0.25) is 5.91 Å². The fourth-order valence-electron chi connectivity index (χ4n) is 2.17. The highest BCUT2D eigenvalue weighted by molar-refractivity contribution is 6.35. The number of aromatic nitrogens is 2. The van der Waals surface area contributed by atoms with Crippen LogP contribution in [0.4, 0.5) is 0 Å². The quantitative estimate of drug-likeness (QED) is 0.647. The molecule has 1 aromatic heterocycles. The average Bonchev–Trinajstić information content (AvgIpc) is 2.72. The van der Waals surface area contributed by atoms with Crippen molar-refractivity contribution >= 4 is 28.4 Å². The third kappa shape index (κ3) is 1.59. The van der Waals surface area contributed by atoms with E-state index < -0.39 is 6.10 Å². The van der Waals surface area contributed by atoms with E-state index in [0.717, 1.165) is 22.0 Å². The third-order valence-electron chi connectivity index (χ3n) is 3.05. The number of nitrogens with one attached hydrogen (secondary N) is 2. The molecule has 2 heterocycles. The van der Waals surface area contributed by atoms with Crippen LogP contribution >= 0.6 is 11.6 Å². The average molecular weight is 252 g/mol. The zero-order valence-corrected chi connectivity index (χ0v) is 9.58. The molecule has 0 fully saturated rings. The molecule has 0 spiro atoms. The number of aromatic amines is 1. The number of rotatable bonds is 0. The summed E-state index contributed by atoms with van der Waals surface area (Å²) in [5.74, 6) is -0.353. The molecule has 3 rings (SSSR count). The Morgan fingerprint density at radius 2 is 2.35 bits per heavy atom. The van der Waals surface area contributed by atoms with E-state index >= 15 is 0 Å². The largest absolute Gasteiger partial charge is 0.383 e. The molecule has 6 heteroatoms. The van der Waals surface area contributed by atoms with Crippen molar-refractivity contribution in [3.63, 3.8) is 0 Å². The minimum absolute atomic E-state index is 0.280. The zero-order valence-electron chi connectivity index (χ0n) is 8.83. The molecule has 17 heavy (non-hydrogen) atoms. The molecular formula is C11H10ClN3O2. The van der Waals surface area contributed by atoms with Crippen LogP contribution in [0.25, 0.3) is 10.9 Å². The predicted octanol–water partition coefficient (Wildman–Crippen LogP) is 0.749. The van der Waals surface area contributed by atoms with Gasteiger partial charge >= 0.3 is 0 Å². The Hall–Kier alpha value is -1.59. The first-order chi connectivity index (χ1) is 8.16. The van der Waals surface area contributed by atoms with Gasteiger partial charge in [-0.05, 0) is 17.2 Å². The van der Waals surface area contributed by atoms with Gasteiger partial charge in [-0.15, -0.1) is 0 Å². The lowest BCUT2D eigenvalue weighted by atomic mass is 10.00. The van der Waals surface area contributed by atoms with Gasteiger partial charge in [0.1, 0.15) is 6.10 Å². The first kappa shape index (κ1) is 10.6. The topological polar surface area (TPSA) is 78.0 Å². The van der Waals surface area contributed by atoms with E-state index in [9.17, 15) is 9.90 Å². The summed E-state index contributed by atoms with van der Waals surface area (Å²) in [5.41, 5.74) is 2.61. The number of hydrogen-bond donors (Lipinski definition) is 3. The van der Waals surface area contributed by atoms with Crippen LogP contribution in [0, 0.1) is 0 Å². The number of H-pyrrole nitrogens is 1. The number of aliphatic hydroxyl groups is 1. The highest BCUT2D eigenvalue weighted by Gasteiger charge is 2.23. The maximum absolute atomic E-state index is 11.4. The maximum atomic E-state index is 11.4. The Bertz CT molecular complexity index is 608. The molecule has 0 bridgehead atoms. The smallest absolute Gasteiger partial charge is 0.249 e. The Morgan fingerprint density at radius 3 is 3.18 bits per heavy atom. The molecule has 5 nitrogen and oxygen atoms in total. The predicted molar refractivity (Wildman–Crippen MR) is 62.7 cm³/mol. The van der Waals surface area contributed by atoms with E-state index in [1.807, 2.05) is 0 Å². The number of carbonyl (C=O) groups excluding carboxylic acids is 1. The maximum Gasteiger partial charge on any atom is 0.249 e. The second-order valence-corrected chi connectivity index (χ2v) is 4.50. The van der Waals surface area contributed by atoms with E-state index in [1.165, 1.54) is 0 Å². The van der Waals surface area contributed by atoms with E-state index in [4.69, 9.17) is 11.6 Å². The summed E-state index contributed by atoms with van der Waals surface area (Å²) in [4.78, 5) is 11.4. The summed E-state index contributed by atoms with van der Waals surface area (Å²) in [7, 11) is 0. The number of benzene rings is 1. The summed E-state index contributed by atoms with van der Waals surface area (Å²) in [6, 6.07) is 1.78. The molecule has 1 aliphatic heterocycles. The van der Waals surface area contributed by atoms with Gasteiger partial charge < -0.3 is 10.4 Å². The summed E-state index contributed by atoms with van der Waals surface area (Å²) < 4.78 is 0. The SMILES string of the molecule is O=C1NCc2c(cc(Cl)c3[nH]ncc23)C[C@H]1O. The van der Waals surface area contributed by atoms with E-state index in [2.05, 4.69) is 15.5 Å². The van der Waals surface area contributed by atoms with Gasteiger partial charge in [0.15, 0.2) is 0 Å². The first-order valence-electron chi connectivity index (χ1n) is 5.26. The van der Waals surface area contributed by atoms with Gasteiger partial charge in [-0.1, -0.05) is 11.6 Å². The van der Waals surface area contributed by atoms with Crippen molar-refractivity contribution in [2.24, 2.45) is 0 Å². The second-order valence-electron chi connectivity index (χ2n) is 4.09. The highest BCUT2D eigenvalue weighted by Crippen LogP contribution is 2.29. The molecule has 3 N–H and O–H groups in total. The number of hydrogen-bond acceptors (Lipinski definition) is 3. The van der Waals surface area contributed by atoms with Gasteiger partial charge in [-0.25, -0.2) is 0 Å². The third-order valence-corrected chi connectivity index (χ3v) is 3.35. The summed E-state index contributed by atoms with van der Waals surface area (Å²) >= 11 is 6.11. The summed E-state index contributed by atoms with van der Waals surface area (Å²) in [6.07, 6.45) is 0.947. The number of carbonyl (C=O) groups is 1. The van der Waals surface area contributed by atoms with E-state index in [0.29, 0.717) is 11.6 Å². The number of halogens is 1. The lowest BCUT2D eigenvalue weighted by Crippen LogP contribution is -2.32. The van der Waals surface area contributed by atoms with Crippen LogP contribution in [0.2, 0.25) is 5.02 Å². The minimum Gasteiger partial charge on any atom is -0.383 e. The van der Waals surface area contributed by atoms with Gasteiger partial charge in [-0.3, -0.25) is 9.89 Å². The molecular weight excluding hydrogens is 242 g/mol. The fourth-order valence-corrected chi connectivity index (χ4v) is 2.44. The van der Waals surface area contributed by atoms with E-state index in [1.54, 1.807) is 12.3 Å². The zero-order chi connectivity index (χ0) is 12.0. The van der Waals surface area contributed by atoms with Gasteiger partial charge in [0, 0.05) is 18.4 Å². The van der Waals surface area contributed by atoms with Crippen molar-refractivity contribution in [2.45, 2.75) is 19.1 Å². The normalized spacial score (nSPS) is 19.9. The minimum atomic E-state index is -1.02. The van der Waals surface area contributed by atoms with Crippen LogP contribution < -0.4 is 5.32 Å². The molecule has 0 aliphatic carbocycles. The van der Waals surface area contributed by atoms with Gasteiger partial charge in [0.05, 0.1) is 16.7 Å². The van der Waals surface area contributed by atoms with Crippen LogP contribution in [0.3, 0.4) is 0 Å². The van der Waals surface area contributed by atoms with Crippen molar-refractivity contribution in [3.05, 3.63) is 28.4 Å². The molecule has 1 amide bonds. The molecule has 1 aromatic carbocycles. The Morgan fingerprint density at radius 1 is 1.53 bits per heavy atom. The number of aliphatic hydroxyl groups excluding tert-OH is 1. The number of fused-ring (bicyclic) bond motifs is 3. The monoisotopic (exact) mass is 251 g/mol. The summed E-state index contributed by atoms with van der Waals surface area (Å²) in [6.45, 7) is 0.387. The van der Waals surface area contributed by atoms with Crippen molar-refractivity contribution in [1.82, 2.24) is 15.5 Å². The molecule has 1 aliphatic rings.